The lowest BCUT2D eigenvalue weighted by Gasteiger charge is -2.27. The number of nitrogens with zero attached hydrogens (tertiary/aromatic N) is 5. The smallest absolute Gasteiger partial charge is 0.182 e. The molecular formula is C16H19N5O. The van der Waals surface area contributed by atoms with Gasteiger partial charge >= 0.3 is 0 Å². The lowest BCUT2D eigenvalue weighted by molar-refractivity contribution is -0.119. The molecule has 1 aliphatic heterocycles. The molecule has 0 aliphatic carbocycles. The van der Waals surface area contributed by atoms with Crippen LogP contribution in [0.15, 0.2) is 24.7 Å². The molecule has 0 atom stereocenters. The number of ketones is 1. The predicted molar refractivity (Wildman–Crippen MR) is 83.5 cm³/mol. The Morgan fingerprint density at radius 2 is 2.00 bits per heavy atom. The van der Waals surface area contributed by atoms with Crippen LogP contribution in [0.25, 0.3) is 11.5 Å². The number of Topliss-reactive ketones (excluding diaryl/α,β-unsaturated/α-hetero) is 1. The van der Waals surface area contributed by atoms with Gasteiger partial charge in [-0.05, 0) is 6.42 Å². The third-order valence-electron chi connectivity index (χ3n) is 3.71. The molecule has 2 aromatic rings. The number of piperidine rings is 1. The number of aromatic nitrogens is 4. The van der Waals surface area contributed by atoms with Crippen molar-refractivity contribution < 1.29 is 4.79 Å². The average Bonchev–Trinajstić information content (AvgIpc) is 2.56. The molecule has 0 saturated carbocycles. The van der Waals surface area contributed by atoms with Crippen LogP contribution in [0.1, 0.15) is 31.9 Å². The predicted octanol–water partition coefficient (Wildman–Crippen LogP) is 2.06. The lowest BCUT2D eigenvalue weighted by Crippen LogP contribution is -2.34. The van der Waals surface area contributed by atoms with E-state index < -0.39 is 0 Å². The summed E-state index contributed by atoms with van der Waals surface area (Å²) in [7, 11) is 0. The maximum atomic E-state index is 11.4. The summed E-state index contributed by atoms with van der Waals surface area (Å²) in [5.41, 5.74) is 1.68. The van der Waals surface area contributed by atoms with E-state index in [0.29, 0.717) is 30.1 Å². The molecule has 0 radical (unpaired) electrons. The van der Waals surface area contributed by atoms with Gasteiger partial charge < -0.3 is 4.90 Å². The molecule has 114 valence electrons. The van der Waals surface area contributed by atoms with E-state index in [1.165, 1.54) is 0 Å². The molecule has 3 heterocycles. The van der Waals surface area contributed by atoms with Gasteiger partial charge in [-0.3, -0.25) is 9.78 Å². The van der Waals surface area contributed by atoms with E-state index >= 15 is 0 Å². The molecule has 0 amide bonds. The van der Waals surface area contributed by atoms with E-state index in [1.807, 2.05) is 6.07 Å². The van der Waals surface area contributed by atoms with Gasteiger partial charge in [-0.1, -0.05) is 13.3 Å². The highest BCUT2D eigenvalue weighted by Crippen LogP contribution is 2.21. The summed E-state index contributed by atoms with van der Waals surface area (Å²) in [4.78, 5) is 31.2. The highest BCUT2D eigenvalue weighted by atomic mass is 16.1. The van der Waals surface area contributed by atoms with Crippen LogP contribution in [0.5, 0.6) is 0 Å². The fourth-order valence-electron chi connectivity index (χ4n) is 2.54. The second kappa shape index (κ2) is 6.60. The first-order chi connectivity index (χ1) is 10.8. The Morgan fingerprint density at radius 3 is 2.68 bits per heavy atom. The third kappa shape index (κ3) is 3.27. The van der Waals surface area contributed by atoms with Gasteiger partial charge in [0.25, 0.3) is 0 Å². The standard InChI is InChI=1S/C16H19N5O/c1-2-3-12-10-15(21-8-4-13(22)5-9-21)20-16(19-12)14-11-17-6-7-18-14/h6-7,10-11H,2-5,8-9H2,1H3. The van der Waals surface area contributed by atoms with Gasteiger partial charge in [0.2, 0.25) is 0 Å². The van der Waals surface area contributed by atoms with Crippen LogP contribution in [0, 0.1) is 0 Å². The van der Waals surface area contributed by atoms with Crippen LogP contribution in [0.4, 0.5) is 5.82 Å². The Balaban J connectivity index is 1.95. The zero-order valence-corrected chi connectivity index (χ0v) is 12.7. The van der Waals surface area contributed by atoms with E-state index in [0.717, 1.165) is 37.4 Å². The number of carbonyl (C=O) groups is 1. The van der Waals surface area contributed by atoms with Crippen molar-refractivity contribution in [1.29, 1.82) is 0 Å². The summed E-state index contributed by atoms with van der Waals surface area (Å²) in [6.07, 6.45) is 8.06. The van der Waals surface area contributed by atoms with Gasteiger partial charge in [0.05, 0.1) is 6.20 Å². The van der Waals surface area contributed by atoms with Crippen LogP contribution < -0.4 is 4.90 Å². The number of carbonyl (C=O) groups excluding carboxylic acids is 1. The summed E-state index contributed by atoms with van der Waals surface area (Å²) in [5.74, 6) is 1.81. The molecular weight excluding hydrogens is 278 g/mol. The number of aryl methyl sites for hydroxylation is 1. The van der Waals surface area contributed by atoms with Gasteiger partial charge in [0.15, 0.2) is 5.82 Å². The Hall–Kier alpha value is -2.37. The van der Waals surface area contributed by atoms with Crippen molar-refractivity contribution in [2.45, 2.75) is 32.6 Å². The van der Waals surface area contributed by atoms with Crippen molar-refractivity contribution >= 4 is 11.6 Å². The van der Waals surface area contributed by atoms with Crippen molar-refractivity contribution in [1.82, 2.24) is 19.9 Å². The van der Waals surface area contributed by atoms with Crippen LogP contribution >= 0.6 is 0 Å². The molecule has 22 heavy (non-hydrogen) atoms. The normalized spacial score (nSPS) is 15.1. The first-order valence-electron chi connectivity index (χ1n) is 7.67. The quantitative estimate of drug-likeness (QED) is 0.860. The van der Waals surface area contributed by atoms with Crippen molar-refractivity contribution in [3.8, 4) is 11.5 Å². The summed E-state index contributed by atoms with van der Waals surface area (Å²) >= 11 is 0. The van der Waals surface area contributed by atoms with Gasteiger partial charge in [-0.15, -0.1) is 0 Å². The molecule has 0 N–H and O–H groups in total. The molecule has 3 rings (SSSR count). The minimum atomic E-state index is 0.327. The van der Waals surface area contributed by atoms with Gasteiger partial charge in [0, 0.05) is 50.1 Å². The second-order valence-electron chi connectivity index (χ2n) is 5.41. The maximum Gasteiger partial charge on any atom is 0.182 e. The fraction of sp³-hybridized carbons (Fsp3) is 0.438. The Morgan fingerprint density at radius 1 is 1.18 bits per heavy atom. The molecule has 1 fully saturated rings. The SMILES string of the molecule is CCCc1cc(N2CCC(=O)CC2)nc(-c2cnccn2)n1. The van der Waals surface area contributed by atoms with Crippen LogP contribution in [0.2, 0.25) is 0 Å². The maximum absolute atomic E-state index is 11.4. The first kappa shape index (κ1) is 14.6. The highest BCUT2D eigenvalue weighted by Gasteiger charge is 2.19. The van der Waals surface area contributed by atoms with Gasteiger partial charge in [0.1, 0.15) is 17.3 Å². The monoisotopic (exact) mass is 297 g/mol. The minimum absolute atomic E-state index is 0.327. The average molecular weight is 297 g/mol. The third-order valence-corrected chi connectivity index (χ3v) is 3.71. The van der Waals surface area contributed by atoms with E-state index in [-0.39, 0.29) is 0 Å². The van der Waals surface area contributed by atoms with Crippen LogP contribution in [-0.2, 0) is 11.2 Å². The topological polar surface area (TPSA) is 71.9 Å². The molecule has 0 aromatic carbocycles. The summed E-state index contributed by atoms with van der Waals surface area (Å²) < 4.78 is 0. The zero-order valence-electron chi connectivity index (χ0n) is 12.7. The van der Waals surface area contributed by atoms with Gasteiger partial charge in [-0.25, -0.2) is 15.0 Å². The summed E-state index contributed by atoms with van der Waals surface area (Å²) in [5, 5.41) is 0. The summed E-state index contributed by atoms with van der Waals surface area (Å²) in [6.45, 7) is 3.58. The molecule has 1 aliphatic rings. The molecule has 0 unspecified atom stereocenters. The van der Waals surface area contributed by atoms with E-state index in [1.54, 1.807) is 18.6 Å². The summed E-state index contributed by atoms with van der Waals surface area (Å²) in [6, 6.07) is 2.03. The Bertz CT molecular complexity index is 649. The van der Waals surface area contributed by atoms with E-state index in [9.17, 15) is 4.79 Å². The zero-order chi connectivity index (χ0) is 15.4. The molecule has 6 nitrogen and oxygen atoms in total. The fourth-order valence-corrected chi connectivity index (χ4v) is 2.54. The lowest BCUT2D eigenvalue weighted by atomic mass is 10.1. The van der Waals surface area contributed by atoms with E-state index in [4.69, 9.17) is 0 Å². The number of hydrogen-bond donors (Lipinski definition) is 0. The number of hydrogen-bond acceptors (Lipinski definition) is 6. The second-order valence-corrected chi connectivity index (χ2v) is 5.41. The van der Waals surface area contributed by atoms with Crippen molar-refractivity contribution in [2.75, 3.05) is 18.0 Å². The molecule has 1 saturated heterocycles. The largest absolute Gasteiger partial charge is 0.356 e. The van der Waals surface area contributed by atoms with E-state index in [2.05, 4.69) is 31.8 Å². The van der Waals surface area contributed by atoms with Gasteiger partial charge in [-0.2, -0.15) is 0 Å². The number of anilines is 1. The Labute approximate surface area is 129 Å². The Kier molecular flexibility index (Phi) is 4.37. The van der Waals surface area contributed by atoms with Crippen molar-refractivity contribution in [3.63, 3.8) is 0 Å². The molecule has 6 heteroatoms. The van der Waals surface area contributed by atoms with Crippen LogP contribution in [-0.4, -0.2) is 38.8 Å². The van der Waals surface area contributed by atoms with Crippen molar-refractivity contribution in [3.05, 3.63) is 30.4 Å². The molecule has 0 bridgehead atoms. The first-order valence-corrected chi connectivity index (χ1v) is 7.67. The molecule has 2 aromatic heterocycles. The number of rotatable bonds is 4. The minimum Gasteiger partial charge on any atom is -0.356 e. The highest BCUT2D eigenvalue weighted by molar-refractivity contribution is 5.80. The van der Waals surface area contributed by atoms with Crippen molar-refractivity contribution in [2.24, 2.45) is 0 Å². The molecule has 0 spiro atoms. The van der Waals surface area contributed by atoms with Crippen LogP contribution in [0.3, 0.4) is 0 Å².